The van der Waals surface area contributed by atoms with E-state index in [0.29, 0.717) is 17.9 Å². The number of nitrogens with zero attached hydrogens (tertiary/aromatic N) is 1. The molecule has 1 aromatic heterocycles. The predicted molar refractivity (Wildman–Crippen MR) is 73.0 cm³/mol. The van der Waals surface area contributed by atoms with Gasteiger partial charge in [0.2, 0.25) is 10.0 Å². The summed E-state index contributed by atoms with van der Waals surface area (Å²) >= 11 is 0. The van der Waals surface area contributed by atoms with E-state index in [2.05, 4.69) is 15.3 Å². The van der Waals surface area contributed by atoms with Crippen LogP contribution in [-0.2, 0) is 16.4 Å². The summed E-state index contributed by atoms with van der Waals surface area (Å²) in [5.41, 5.74) is 7.80. The van der Waals surface area contributed by atoms with Crippen LogP contribution < -0.4 is 16.2 Å². The fourth-order valence-corrected chi connectivity index (χ4v) is 2.18. The molecular weight excluding hydrogens is 266 g/mol. The smallest absolute Gasteiger partial charge is 0.238 e. The molecule has 6 N–H and O–H groups in total. The fourth-order valence-electron chi connectivity index (χ4n) is 1.63. The summed E-state index contributed by atoms with van der Waals surface area (Å²) in [6, 6.07) is 4.36. The first-order chi connectivity index (χ1) is 8.97. The van der Waals surface area contributed by atoms with Gasteiger partial charge in [-0.2, -0.15) is 0 Å². The lowest BCUT2D eigenvalue weighted by Gasteiger charge is -2.09. The van der Waals surface area contributed by atoms with Crippen LogP contribution in [0.1, 0.15) is 5.69 Å². The molecule has 0 spiro atoms. The molecule has 19 heavy (non-hydrogen) atoms. The summed E-state index contributed by atoms with van der Waals surface area (Å²) < 4.78 is 22.3. The molecule has 2 aromatic rings. The molecular formula is C11H15N5O2S. The van der Waals surface area contributed by atoms with Crippen molar-refractivity contribution in [2.75, 3.05) is 17.6 Å². The third-order valence-electron chi connectivity index (χ3n) is 2.62. The van der Waals surface area contributed by atoms with E-state index in [0.717, 1.165) is 12.1 Å². The maximum atomic E-state index is 11.2. The van der Waals surface area contributed by atoms with Crippen molar-refractivity contribution >= 4 is 21.4 Å². The Kier molecular flexibility index (Phi) is 3.72. The van der Waals surface area contributed by atoms with E-state index in [1.165, 1.54) is 12.1 Å². The number of rotatable bonds is 5. The zero-order valence-electron chi connectivity index (χ0n) is 10.1. The highest BCUT2D eigenvalue weighted by molar-refractivity contribution is 7.89. The summed E-state index contributed by atoms with van der Waals surface area (Å²) in [7, 11) is -3.72. The molecule has 0 saturated heterocycles. The zero-order chi connectivity index (χ0) is 13.9. The molecule has 102 valence electrons. The summed E-state index contributed by atoms with van der Waals surface area (Å²) in [6.07, 6.45) is 4.12. The SMILES string of the molecule is Nc1cc(S(N)(=O)=O)ccc1NCCc1cnc[nH]1. The van der Waals surface area contributed by atoms with Gasteiger partial charge in [-0.1, -0.05) is 0 Å². The molecule has 8 heteroatoms. The molecule has 0 unspecified atom stereocenters. The van der Waals surface area contributed by atoms with E-state index in [-0.39, 0.29) is 4.90 Å². The molecule has 0 atom stereocenters. The number of benzene rings is 1. The first kappa shape index (κ1) is 13.4. The fraction of sp³-hybridized carbons (Fsp3) is 0.182. The molecule has 0 fully saturated rings. The van der Waals surface area contributed by atoms with E-state index in [1.807, 2.05) is 0 Å². The highest BCUT2D eigenvalue weighted by Crippen LogP contribution is 2.21. The van der Waals surface area contributed by atoms with Crippen molar-refractivity contribution in [3.63, 3.8) is 0 Å². The van der Waals surface area contributed by atoms with Gasteiger partial charge in [0.1, 0.15) is 0 Å². The third kappa shape index (κ3) is 3.46. The van der Waals surface area contributed by atoms with E-state index in [4.69, 9.17) is 10.9 Å². The van der Waals surface area contributed by atoms with Gasteiger partial charge in [-0.05, 0) is 18.2 Å². The molecule has 2 rings (SSSR count). The minimum absolute atomic E-state index is 0.00381. The molecule has 1 heterocycles. The number of primary sulfonamides is 1. The van der Waals surface area contributed by atoms with Crippen LogP contribution in [0.2, 0.25) is 0 Å². The minimum Gasteiger partial charge on any atom is -0.397 e. The lowest BCUT2D eigenvalue weighted by atomic mass is 10.2. The molecule has 0 radical (unpaired) electrons. The Bertz CT molecular complexity index is 652. The van der Waals surface area contributed by atoms with Gasteiger partial charge >= 0.3 is 0 Å². The Morgan fingerprint density at radius 1 is 1.37 bits per heavy atom. The summed E-state index contributed by atoms with van der Waals surface area (Å²) in [6.45, 7) is 0.654. The van der Waals surface area contributed by atoms with Crippen LogP contribution in [0.5, 0.6) is 0 Å². The van der Waals surface area contributed by atoms with E-state index in [9.17, 15) is 8.42 Å². The number of nitrogen functional groups attached to an aromatic ring is 1. The molecule has 0 aliphatic heterocycles. The van der Waals surface area contributed by atoms with Crippen molar-refractivity contribution in [3.05, 3.63) is 36.4 Å². The molecule has 0 aliphatic rings. The number of aromatic nitrogens is 2. The number of imidazole rings is 1. The Morgan fingerprint density at radius 3 is 2.74 bits per heavy atom. The zero-order valence-corrected chi connectivity index (χ0v) is 10.9. The number of nitrogens with two attached hydrogens (primary N) is 2. The normalized spacial score (nSPS) is 11.4. The molecule has 0 bridgehead atoms. The second kappa shape index (κ2) is 5.29. The molecule has 0 saturated carbocycles. The largest absolute Gasteiger partial charge is 0.397 e. The Hall–Kier alpha value is -2.06. The summed E-state index contributed by atoms with van der Waals surface area (Å²) in [4.78, 5) is 6.91. The molecule has 0 aliphatic carbocycles. The lowest BCUT2D eigenvalue weighted by Crippen LogP contribution is -2.13. The average molecular weight is 281 g/mol. The topological polar surface area (TPSA) is 127 Å². The van der Waals surface area contributed by atoms with Gasteiger partial charge in [0, 0.05) is 24.9 Å². The Balaban J connectivity index is 2.01. The standard InChI is InChI=1S/C11H15N5O2S/c12-10-5-9(19(13,17)18)1-2-11(10)15-4-3-8-6-14-7-16-8/h1-2,5-7,15H,3-4,12H2,(H,14,16)(H2,13,17,18). The van der Waals surface area contributed by atoms with Crippen LogP contribution in [-0.4, -0.2) is 24.9 Å². The molecule has 1 aromatic carbocycles. The second-order valence-corrected chi connectivity index (χ2v) is 5.61. The number of nitrogens with one attached hydrogen (secondary N) is 2. The number of hydrogen-bond acceptors (Lipinski definition) is 5. The number of H-pyrrole nitrogens is 1. The van der Waals surface area contributed by atoms with Crippen molar-refractivity contribution in [3.8, 4) is 0 Å². The number of hydrogen-bond donors (Lipinski definition) is 4. The van der Waals surface area contributed by atoms with Crippen LogP contribution in [0.25, 0.3) is 0 Å². The van der Waals surface area contributed by atoms with Crippen molar-refractivity contribution in [2.45, 2.75) is 11.3 Å². The first-order valence-corrected chi connectivity index (χ1v) is 7.15. The summed E-state index contributed by atoms with van der Waals surface area (Å²) in [5, 5.41) is 8.15. The lowest BCUT2D eigenvalue weighted by molar-refractivity contribution is 0.598. The van der Waals surface area contributed by atoms with Gasteiger partial charge in [0.05, 0.1) is 22.6 Å². The van der Waals surface area contributed by atoms with Crippen molar-refractivity contribution in [1.82, 2.24) is 9.97 Å². The molecule has 0 amide bonds. The second-order valence-electron chi connectivity index (χ2n) is 4.05. The van der Waals surface area contributed by atoms with Gasteiger partial charge < -0.3 is 16.0 Å². The van der Waals surface area contributed by atoms with Crippen molar-refractivity contribution in [1.29, 1.82) is 0 Å². The van der Waals surface area contributed by atoms with Gasteiger partial charge in [0.25, 0.3) is 0 Å². The van der Waals surface area contributed by atoms with Crippen molar-refractivity contribution < 1.29 is 8.42 Å². The maximum Gasteiger partial charge on any atom is 0.238 e. The maximum absolute atomic E-state index is 11.2. The van der Waals surface area contributed by atoms with Gasteiger partial charge in [-0.3, -0.25) is 0 Å². The summed E-state index contributed by atoms with van der Waals surface area (Å²) in [5.74, 6) is 0. The van der Waals surface area contributed by atoms with Crippen LogP contribution in [0.4, 0.5) is 11.4 Å². The van der Waals surface area contributed by atoms with E-state index in [1.54, 1.807) is 18.6 Å². The van der Waals surface area contributed by atoms with Gasteiger partial charge in [-0.15, -0.1) is 0 Å². The number of anilines is 2. The minimum atomic E-state index is -3.72. The molecule has 7 nitrogen and oxygen atoms in total. The average Bonchev–Trinajstić information content (AvgIpc) is 2.83. The van der Waals surface area contributed by atoms with Crippen LogP contribution in [0.15, 0.2) is 35.6 Å². The van der Waals surface area contributed by atoms with Gasteiger partial charge in [0.15, 0.2) is 0 Å². The first-order valence-electron chi connectivity index (χ1n) is 5.60. The Labute approximate surface area is 111 Å². The van der Waals surface area contributed by atoms with Crippen molar-refractivity contribution in [2.24, 2.45) is 5.14 Å². The highest BCUT2D eigenvalue weighted by Gasteiger charge is 2.09. The predicted octanol–water partition coefficient (Wildman–Crippen LogP) is 0.294. The van der Waals surface area contributed by atoms with E-state index < -0.39 is 10.0 Å². The van der Waals surface area contributed by atoms with Crippen LogP contribution in [0.3, 0.4) is 0 Å². The van der Waals surface area contributed by atoms with Crippen LogP contribution >= 0.6 is 0 Å². The quantitative estimate of drug-likeness (QED) is 0.586. The van der Waals surface area contributed by atoms with Crippen LogP contribution in [0, 0.1) is 0 Å². The monoisotopic (exact) mass is 281 g/mol. The highest BCUT2D eigenvalue weighted by atomic mass is 32.2. The number of aromatic amines is 1. The Morgan fingerprint density at radius 2 is 2.16 bits per heavy atom. The van der Waals surface area contributed by atoms with E-state index >= 15 is 0 Å². The third-order valence-corrected chi connectivity index (χ3v) is 3.53. The van der Waals surface area contributed by atoms with Gasteiger partial charge in [-0.25, -0.2) is 18.5 Å². The number of sulfonamides is 1.